The minimum atomic E-state index is -4.38. The van der Waals surface area contributed by atoms with Gasteiger partial charge in [0, 0.05) is 25.8 Å². The third-order valence-electron chi connectivity index (χ3n) is 5.36. The number of alkyl halides is 3. The zero-order valence-corrected chi connectivity index (χ0v) is 14.9. The second kappa shape index (κ2) is 7.82. The molecule has 8 heteroatoms. The van der Waals surface area contributed by atoms with E-state index in [0.717, 1.165) is 38.2 Å². The van der Waals surface area contributed by atoms with Gasteiger partial charge in [-0.25, -0.2) is 4.98 Å². The summed E-state index contributed by atoms with van der Waals surface area (Å²) in [4.78, 5) is 20.5. The summed E-state index contributed by atoms with van der Waals surface area (Å²) in [7, 11) is 2.11. The van der Waals surface area contributed by atoms with E-state index in [1.807, 2.05) is 4.90 Å². The van der Waals surface area contributed by atoms with Gasteiger partial charge >= 0.3 is 6.18 Å². The predicted molar refractivity (Wildman–Crippen MR) is 92.8 cm³/mol. The lowest BCUT2D eigenvalue weighted by molar-refractivity contribution is -0.137. The number of rotatable bonds is 4. The van der Waals surface area contributed by atoms with Crippen molar-refractivity contribution in [3.63, 3.8) is 0 Å². The van der Waals surface area contributed by atoms with E-state index in [0.29, 0.717) is 37.8 Å². The fourth-order valence-corrected chi connectivity index (χ4v) is 3.58. The van der Waals surface area contributed by atoms with Gasteiger partial charge < -0.3 is 15.1 Å². The maximum Gasteiger partial charge on any atom is 0.417 e. The molecule has 26 heavy (non-hydrogen) atoms. The Kier molecular flexibility index (Phi) is 5.70. The number of nitrogens with one attached hydrogen (secondary N) is 1. The van der Waals surface area contributed by atoms with Crippen LogP contribution in [0.4, 0.5) is 19.0 Å². The highest BCUT2D eigenvalue weighted by Crippen LogP contribution is 2.30. The number of nitrogens with zero attached hydrogens (tertiary/aromatic N) is 3. The van der Waals surface area contributed by atoms with Crippen molar-refractivity contribution in [2.45, 2.75) is 25.4 Å². The number of anilines is 1. The number of carbonyl (C=O) groups excluding carboxylic acids is 1. The molecule has 1 aromatic rings. The zero-order valence-electron chi connectivity index (χ0n) is 14.9. The molecule has 0 saturated carbocycles. The Morgan fingerprint density at radius 3 is 2.58 bits per heavy atom. The standard InChI is InChI=1S/C18H25F3N4O/c1-24-7-4-13(5-8-24)10-23-17(26)14-6-9-25(12-14)16-3-2-15(11-22-16)18(19,20)21/h2-3,11,13-14H,4-10,12H2,1H3,(H,23,26). The molecule has 3 heterocycles. The van der Waals surface area contributed by atoms with Gasteiger partial charge in [-0.3, -0.25) is 4.79 Å². The van der Waals surface area contributed by atoms with Crippen LogP contribution in [0.15, 0.2) is 18.3 Å². The van der Waals surface area contributed by atoms with E-state index in [1.54, 1.807) is 0 Å². The van der Waals surface area contributed by atoms with Gasteiger partial charge in [-0.15, -0.1) is 0 Å². The van der Waals surface area contributed by atoms with Crippen molar-refractivity contribution in [1.29, 1.82) is 0 Å². The highest BCUT2D eigenvalue weighted by atomic mass is 19.4. The van der Waals surface area contributed by atoms with Crippen molar-refractivity contribution >= 4 is 11.7 Å². The van der Waals surface area contributed by atoms with Crippen molar-refractivity contribution in [2.75, 3.05) is 44.7 Å². The molecule has 2 fully saturated rings. The van der Waals surface area contributed by atoms with E-state index in [9.17, 15) is 18.0 Å². The first-order chi connectivity index (χ1) is 12.3. The third-order valence-corrected chi connectivity index (χ3v) is 5.36. The van der Waals surface area contributed by atoms with Crippen molar-refractivity contribution in [2.24, 2.45) is 11.8 Å². The van der Waals surface area contributed by atoms with Crippen molar-refractivity contribution in [1.82, 2.24) is 15.2 Å². The topological polar surface area (TPSA) is 48.5 Å². The van der Waals surface area contributed by atoms with E-state index < -0.39 is 11.7 Å². The average molecular weight is 370 g/mol. The molecule has 1 unspecified atom stereocenters. The fourth-order valence-electron chi connectivity index (χ4n) is 3.58. The van der Waals surface area contributed by atoms with Gasteiger partial charge in [-0.05, 0) is 57.5 Å². The number of pyridine rings is 1. The Bertz CT molecular complexity index is 612. The van der Waals surface area contributed by atoms with E-state index in [1.165, 1.54) is 6.07 Å². The highest BCUT2D eigenvalue weighted by molar-refractivity contribution is 5.80. The van der Waals surface area contributed by atoms with Crippen molar-refractivity contribution < 1.29 is 18.0 Å². The molecule has 0 aliphatic carbocycles. The molecule has 0 spiro atoms. The maximum atomic E-state index is 12.6. The number of likely N-dealkylation sites (tertiary alicyclic amines) is 1. The summed E-state index contributed by atoms with van der Waals surface area (Å²) in [6, 6.07) is 2.41. The normalized spacial score (nSPS) is 22.6. The summed E-state index contributed by atoms with van der Waals surface area (Å²) in [6.45, 7) is 3.97. The van der Waals surface area contributed by atoms with Crippen LogP contribution in [0.2, 0.25) is 0 Å². The fraction of sp³-hybridized carbons (Fsp3) is 0.667. The molecule has 1 atom stereocenters. The van der Waals surface area contributed by atoms with Crippen LogP contribution in [0, 0.1) is 11.8 Å². The summed E-state index contributed by atoms with van der Waals surface area (Å²) in [5.74, 6) is 0.927. The van der Waals surface area contributed by atoms with Gasteiger partial charge in [-0.2, -0.15) is 13.2 Å². The first kappa shape index (κ1) is 18.9. The predicted octanol–water partition coefficient (Wildman–Crippen LogP) is 2.38. The van der Waals surface area contributed by atoms with Gasteiger partial charge in [0.2, 0.25) is 5.91 Å². The molecular formula is C18H25F3N4O. The summed E-state index contributed by atoms with van der Waals surface area (Å²) < 4.78 is 37.8. The Hall–Kier alpha value is -1.83. The van der Waals surface area contributed by atoms with Gasteiger partial charge in [0.25, 0.3) is 0 Å². The Balaban J connectivity index is 1.48. The van der Waals surface area contributed by atoms with Crippen LogP contribution in [0.3, 0.4) is 0 Å². The lowest BCUT2D eigenvalue weighted by Crippen LogP contribution is -2.39. The van der Waals surface area contributed by atoms with Crippen LogP contribution in [0.5, 0.6) is 0 Å². The van der Waals surface area contributed by atoms with E-state index in [4.69, 9.17) is 0 Å². The Morgan fingerprint density at radius 1 is 1.23 bits per heavy atom. The molecule has 0 bridgehead atoms. The summed E-state index contributed by atoms with van der Waals surface area (Å²) in [5, 5.41) is 3.06. The number of carbonyl (C=O) groups is 1. The SMILES string of the molecule is CN1CCC(CNC(=O)C2CCN(c3ccc(C(F)(F)F)cn3)C2)CC1. The smallest absolute Gasteiger partial charge is 0.356 e. The molecule has 0 radical (unpaired) electrons. The highest BCUT2D eigenvalue weighted by Gasteiger charge is 2.32. The summed E-state index contributed by atoms with van der Waals surface area (Å²) in [5.41, 5.74) is -0.757. The molecule has 2 saturated heterocycles. The first-order valence-corrected chi connectivity index (χ1v) is 9.07. The number of hydrogen-bond acceptors (Lipinski definition) is 4. The number of piperidine rings is 1. The monoisotopic (exact) mass is 370 g/mol. The molecule has 0 aromatic carbocycles. The van der Waals surface area contributed by atoms with Crippen molar-refractivity contribution in [3.05, 3.63) is 23.9 Å². The number of aromatic nitrogens is 1. The minimum Gasteiger partial charge on any atom is -0.356 e. The number of halogens is 3. The third kappa shape index (κ3) is 4.66. The molecule has 2 aliphatic heterocycles. The van der Waals surface area contributed by atoms with Crippen molar-refractivity contribution in [3.8, 4) is 0 Å². The zero-order chi connectivity index (χ0) is 18.7. The van der Waals surface area contributed by atoms with E-state index >= 15 is 0 Å². The first-order valence-electron chi connectivity index (χ1n) is 9.07. The van der Waals surface area contributed by atoms with E-state index in [2.05, 4.69) is 22.2 Å². The maximum absolute atomic E-state index is 12.6. The number of hydrogen-bond donors (Lipinski definition) is 1. The Morgan fingerprint density at radius 2 is 1.96 bits per heavy atom. The molecule has 3 rings (SSSR count). The summed E-state index contributed by atoms with van der Waals surface area (Å²) >= 11 is 0. The molecule has 1 N–H and O–H groups in total. The molecule has 5 nitrogen and oxygen atoms in total. The van der Waals surface area contributed by atoms with Gasteiger partial charge in [0.15, 0.2) is 0 Å². The lowest BCUT2D eigenvalue weighted by Gasteiger charge is -2.29. The van der Waals surface area contributed by atoms with Gasteiger partial charge in [0.1, 0.15) is 5.82 Å². The van der Waals surface area contributed by atoms with Crippen LogP contribution in [-0.2, 0) is 11.0 Å². The second-order valence-corrected chi connectivity index (χ2v) is 7.33. The van der Waals surface area contributed by atoms with Crippen LogP contribution >= 0.6 is 0 Å². The van der Waals surface area contributed by atoms with Crippen LogP contribution in [0.25, 0.3) is 0 Å². The number of amides is 1. The van der Waals surface area contributed by atoms with Crippen LogP contribution in [-0.4, -0.2) is 55.6 Å². The lowest BCUT2D eigenvalue weighted by atomic mass is 9.97. The molecule has 1 aromatic heterocycles. The molecule has 144 valence electrons. The second-order valence-electron chi connectivity index (χ2n) is 7.33. The van der Waals surface area contributed by atoms with Gasteiger partial charge in [-0.1, -0.05) is 0 Å². The quantitative estimate of drug-likeness (QED) is 0.884. The van der Waals surface area contributed by atoms with Gasteiger partial charge in [0.05, 0.1) is 11.5 Å². The molecule has 2 aliphatic rings. The largest absolute Gasteiger partial charge is 0.417 e. The summed E-state index contributed by atoms with van der Waals surface area (Å²) in [6.07, 6.45) is -0.635. The minimum absolute atomic E-state index is 0.0401. The van der Waals surface area contributed by atoms with Crippen LogP contribution in [0.1, 0.15) is 24.8 Å². The Labute approximate surface area is 151 Å². The molecule has 1 amide bonds. The van der Waals surface area contributed by atoms with E-state index in [-0.39, 0.29) is 11.8 Å². The molecular weight excluding hydrogens is 345 g/mol. The van der Waals surface area contributed by atoms with Crippen LogP contribution < -0.4 is 10.2 Å². The average Bonchev–Trinajstić information content (AvgIpc) is 3.10.